The van der Waals surface area contributed by atoms with E-state index in [-0.39, 0.29) is 5.91 Å². The molecule has 0 spiro atoms. The molecular formula is C15H25N3OS. The molecular weight excluding hydrogens is 270 g/mol. The highest BCUT2D eigenvalue weighted by atomic mass is 32.1. The number of amides is 1. The predicted molar refractivity (Wildman–Crippen MR) is 85.1 cm³/mol. The van der Waals surface area contributed by atoms with Gasteiger partial charge in [0.1, 0.15) is 5.00 Å². The van der Waals surface area contributed by atoms with Gasteiger partial charge in [0.2, 0.25) is 5.91 Å². The van der Waals surface area contributed by atoms with Gasteiger partial charge in [0.15, 0.2) is 5.13 Å². The molecule has 0 aromatic carbocycles. The standard InChI is InChI=1S/C15H25N3OS/c1-10(2)13-14(16)20-15(18-13)17-12(19)9-8-11-6-4-3-5-7-11/h10-11H,3-9,16H2,1-2H3,(H,17,18,19). The third kappa shape index (κ3) is 4.20. The maximum atomic E-state index is 12.0. The van der Waals surface area contributed by atoms with Gasteiger partial charge in [-0.2, -0.15) is 0 Å². The van der Waals surface area contributed by atoms with Gasteiger partial charge in [0.25, 0.3) is 0 Å². The van der Waals surface area contributed by atoms with Crippen molar-refractivity contribution in [2.75, 3.05) is 11.1 Å². The quantitative estimate of drug-likeness (QED) is 0.857. The van der Waals surface area contributed by atoms with Gasteiger partial charge in [-0.25, -0.2) is 4.98 Å². The Bertz CT molecular complexity index is 450. The number of hydrogen-bond acceptors (Lipinski definition) is 4. The van der Waals surface area contributed by atoms with Crippen LogP contribution in [0.4, 0.5) is 10.1 Å². The van der Waals surface area contributed by atoms with Crippen LogP contribution >= 0.6 is 11.3 Å². The molecule has 0 atom stereocenters. The number of carbonyl (C=O) groups is 1. The topological polar surface area (TPSA) is 68.0 Å². The van der Waals surface area contributed by atoms with Crippen LogP contribution in [0.15, 0.2) is 0 Å². The van der Waals surface area contributed by atoms with Crippen LogP contribution in [0.1, 0.15) is 70.4 Å². The Morgan fingerprint density at radius 3 is 2.70 bits per heavy atom. The lowest BCUT2D eigenvalue weighted by atomic mass is 9.86. The first-order chi connectivity index (χ1) is 9.56. The van der Waals surface area contributed by atoms with E-state index in [1.165, 1.54) is 43.4 Å². The molecule has 1 amide bonds. The van der Waals surface area contributed by atoms with Crippen LogP contribution < -0.4 is 11.1 Å². The molecule has 112 valence electrons. The van der Waals surface area contributed by atoms with Gasteiger partial charge < -0.3 is 11.1 Å². The fraction of sp³-hybridized carbons (Fsp3) is 0.733. The van der Waals surface area contributed by atoms with E-state index >= 15 is 0 Å². The molecule has 1 saturated carbocycles. The van der Waals surface area contributed by atoms with Crippen LogP contribution in [0.2, 0.25) is 0 Å². The average Bonchev–Trinajstić information content (AvgIpc) is 2.78. The molecule has 2 rings (SSSR count). The smallest absolute Gasteiger partial charge is 0.226 e. The average molecular weight is 295 g/mol. The van der Waals surface area contributed by atoms with Crippen molar-refractivity contribution in [2.24, 2.45) is 5.92 Å². The largest absolute Gasteiger partial charge is 0.389 e. The highest BCUT2D eigenvalue weighted by Crippen LogP contribution is 2.31. The maximum Gasteiger partial charge on any atom is 0.226 e. The monoisotopic (exact) mass is 295 g/mol. The molecule has 0 aliphatic heterocycles. The van der Waals surface area contributed by atoms with E-state index in [0.717, 1.165) is 18.0 Å². The Hall–Kier alpha value is -1.10. The number of nitrogen functional groups attached to an aromatic ring is 1. The van der Waals surface area contributed by atoms with Crippen LogP contribution in [0.25, 0.3) is 0 Å². The number of anilines is 2. The van der Waals surface area contributed by atoms with Crippen LogP contribution in [0.3, 0.4) is 0 Å². The number of rotatable bonds is 5. The SMILES string of the molecule is CC(C)c1nc(NC(=O)CCC2CCCCC2)sc1N. The number of aromatic nitrogens is 1. The summed E-state index contributed by atoms with van der Waals surface area (Å²) in [5, 5.41) is 4.24. The zero-order valence-corrected chi connectivity index (χ0v) is 13.3. The first-order valence-corrected chi connectivity index (χ1v) is 8.44. The lowest BCUT2D eigenvalue weighted by molar-refractivity contribution is -0.116. The van der Waals surface area contributed by atoms with Crippen LogP contribution in [0.5, 0.6) is 0 Å². The molecule has 0 unspecified atom stereocenters. The molecule has 1 fully saturated rings. The van der Waals surface area contributed by atoms with Crippen molar-refractivity contribution < 1.29 is 4.79 Å². The van der Waals surface area contributed by atoms with Gasteiger partial charge in [0, 0.05) is 6.42 Å². The number of hydrogen-bond donors (Lipinski definition) is 2. The van der Waals surface area contributed by atoms with Gasteiger partial charge >= 0.3 is 0 Å². The summed E-state index contributed by atoms with van der Waals surface area (Å²) in [7, 11) is 0. The Labute approximate surface area is 125 Å². The second kappa shape index (κ2) is 7.07. The minimum Gasteiger partial charge on any atom is -0.389 e. The van der Waals surface area contributed by atoms with E-state index in [4.69, 9.17) is 5.73 Å². The molecule has 1 aliphatic carbocycles. The molecule has 1 heterocycles. The number of nitrogens with zero attached hydrogens (tertiary/aromatic N) is 1. The van der Waals surface area contributed by atoms with Crippen LogP contribution in [-0.2, 0) is 4.79 Å². The zero-order chi connectivity index (χ0) is 14.5. The minimum absolute atomic E-state index is 0.0691. The van der Waals surface area contributed by atoms with Gasteiger partial charge in [-0.3, -0.25) is 4.79 Å². The number of nitrogens with one attached hydrogen (secondary N) is 1. The summed E-state index contributed by atoms with van der Waals surface area (Å²) in [6, 6.07) is 0. The first-order valence-electron chi connectivity index (χ1n) is 7.62. The lowest BCUT2D eigenvalue weighted by Crippen LogP contribution is -2.14. The summed E-state index contributed by atoms with van der Waals surface area (Å²) in [6.07, 6.45) is 8.19. The zero-order valence-electron chi connectivity index (χ0n) is 12.4. The van der Waals surface area contributed by atoms with E-state index in [9.17, 15) is 4.79 Å². The van der Waals surface area contributed by atoms with E-state index in [2.05, 4.69) is 24.1 Å². The first kappa shape index (κ1) is 15.3. The van der Waals surface area contributed by atoms with Crippen molar-refractivity contribution in [3.05, 3.63) is 5.69 Å². The second-order valence-electron chi connectivity index (χ2n) is 6.01. The summed E-state index contributed by atoms with van der Waals surface area (Å²) in [6.45, 7) is 4.11. The highest BCUT2D eigenvalue weighted by Gasteiger charge is 2.16. The maximum absolute atomic E-state index is 12.0. The molecule has 3 N–H and O–H groups in total. The van der Waals surface area contributed by atoms with Crippen molar-refractivity contribution in [3.63, 3.8) is 0 Å². The molecule has 0 radical (unpaired) electrons. The number of nitrogens with two attached hydrogens (primary N) is 1. The van der Waals surface area contributed by atoms with E-state index < -0.39 is 0 Å². The molecule has 5 heteroatoms. The van der Waals surface area contributed by atoms with Gasteiger partial charge in [0.05, 0.1) is 5.69 Å². The molecule has 1 aliphatic rings. The molecule has 1 aromatic rings. The summed E-state index contributed by atoms with van der Waals surface area (Å²) >= 11 is 1.37. The van der Waals surface area contributed by atoms with Gasteiger partial charge in [-0.05, 0) is 18.3 Å². The molecule has 4 nitrogen and oxygen atoms in total. The summed E-state index contributed by atoms with van der Waals surface area (Å²) < 4.78 is 0. The van der Waals surface area contributed by atoms with E-state index in [1.54, 1.807) is 0 Å². The van der Waals surface area contributed by atoms with Crippen LogP contribution in [0, 0.1) is 5.92 Å². The van der Waals surface area contributed by atoms with E-state index in [1.807, 2.05) is 0 Å². The fourth-order valence-electron chi connectivity index (χ4n) is 2.80. The predicted octanol–water partition coefficient (Wildman–Crippen LogP) is 4.15. The Kier molecular flexibility index (Phi) is 5.40. The summed E-state index contributed by atoms with van der Waals surface area (Å²) in [5.74, 6) is 1.10. The number of thiazole rings is 1. The summed E-state index contributed by atoms with van der Waals surface area (Å²) in [5.41, 5.74) is 6.80. The molecule has 20 heavy (non-hydrogen) atoms. The Balaban J connectivity index is 1.80. The van der Waals surface area contributed by atoms with Crippen molar-refractivity contribution in [1.29, 1.82) is 0 Å². The van der Waals surface area contributed by atoms with Crippen molar-refractivity contribution in [2.45, 2.75) is 64.7 Å². The lowest BCUT2D eigenvalue weighted by Gasteiger charge is -2.20. The Morgan fingerprint density at radius 1 is 1.40 bits per heavy atom. The van der Waals surface area contributed by atoms with Crippen molar-refractivity contribution in [1.82, 2.24) is 4.98 Å². The molecule has 0 saturated heterocycles. The van der Waals surface area contributed by atoms with Crippen LogP contribution in [-0.4, -0.2) is 10.9 Å². The summed E-state index contributed by atoms with van der Waals surface area (Å²) in [4.78, 5) is 16.4. The highest BCUT2D eigenvalue weighted by molar-refractivity contribution is 7.19. The van der Waals surface area contributed by atoms with Crippen molar-refractivity contribution >= 4 is 27.4 Å². The third-order valence-corrected chi connectivity index (χ3v) is 4.79. The molecule has 1 aromatic heterocycles. The number of carbonyl (C=O) groups excluding carboxylic acids is 1. The van der Waals surface area contributed by atoms with E-state index in [0.29, 0.717) is 22.5 Å². The fourth-order valence-corrected chi connectivity index (χ4v) is 3.71. The van der Waals surface area contributed by atoms with Crippen molar-refractivity contribution in [3.8, 4) is 0 Å². The van der Waals surface area contributed by atoms with Gasteiger partial charge in [-0.1, -0.05) is 57.3 Å². The molecule has 0 bridgehead atoms. The minimum atomic E-state index is 0.0691. The van der Waals surface area contributed by atoms with Gasteiger partial charge in [-0.15, -0.1) is 0 Å². The Morgan fingerprint density at radius 2 is 2.10 bits per heavy atom. The normalized spacial score (nSPS) is 16.6. The second-order valence-corrected chi connectivity index (χ2v) is 7.04. The third-order valence-electron chi connectivity index (χ3n) is 3.98.